The Bertz CT molecular complexity index is 119. The van der Waals surface area contributed by atoms with Crippen LogP contribution in [0.3, 0.4) is 0 Å². The molecule has 0 radical (unpaired) electrons. The predicted octanol–water partition coefficient (Wildman–Crippen LogP) is 0.679. The Labute approximate surface area is 73.5 Å². The first-order chi connectivity index (χ1) is 5.22. The lowest BCUT2D eigenvalue weighted by molar-refractivity contribution is -0.131. The van der Waals surface area contributed by atoms with Crippen LogP contribution in [0.4, 0.5) is 0 Å². The number of rotatable bonds is 5. The van der Waals surface area contributed by atoms with Crippen molar-refractivity contribution in [1.82, 2.24) is 10.4 Å². The van der Waals surface area contributed by atoms with Gasteiger partial charge in [0.25, 0.3) is 0 Å². The van der Waals surface area contributed by atoms with E-state index < -0.39 is 0 Å². The number of hydrazine groups is 1. The Balaban J connectivity index is 3.60. The van der Waals surface area contributed by atoms with Gasteiger partial charge in [-0.05, 0) is 12.2 Å². The monoisotopic (exact) mass is 176 g/mol. The van der Waals surface area contributed by atoms with E-state index >= 15 is 0 Å². The molecule has 1 N–H and O–H groups in total. The quantitative estimate of drug-likeness (QED) is 0.477. The summed E-state index contributed by atoms with van der Waals surface area (Å²) in [4.78, 5) is 10.9. The molecule has 0 bridgehead atoms. The fourth-order valence-corrected chi connectivity index (χ4v) is 0.909. The Morgan fingerprint density at radius 1 is 1.64 bits per heavy atom. The number of amides is 1. The molecule has 0 aromatic rings. The van der Waals surface area contributed by atoms with Crippen molar-refractivity contribution in [2.75, 3.05) is 18.8 Å². The zero-order valence-corrected chi connectivity index (χ0v) is 8.03. The van der Waals surface area contributed by atoms with Crippen molar-refractivity contribution in [3.63, 3.8) is 0 Å². The van der Waals surface area contributed by atoms with Gasteiger partial charge in [0.15, 0.2) is 0 Å². The van der Waals surface area contributed by atoms with Crippen LogP contribution >= 0.6 is 12.6 Å². The lowest BCUT2D eigenvalue weighted by atomic mass is 10.4. The maximum Gasteiger partial charge on any atom is 0.233 e. The molecule has 0 aromatic carbocycles. The standard InChI is InChI=1S/C7H16N2OS/c1-3-8-9(7(2)10)5-4-6-11/h8,11H,3-6H2,1-2H3. The van der Waals surface area contributed by atoms with E-state index in [4.69, 9.17) is 0 Å². The van der Waals surface area contributed by atoms with E-state index in [1.54, 1.807) is 11.9 Å². The van der Waals surface area contributed by atoms with Crippen LogP contribution in [0.25, 0.3) is 0 Å². The molecule has 0 aliphatic heterocycles. The van der Waals surface area contributed by atoms with E-state index in [1.807, 2.05) is 6.92 Å². The summed E-state index contributed by atoms with van der Waals surface area (Å²) in [5.74, 6) is 0.878. The van der Waals surface area contributed by atoms with Crippen LogP contribution < -0.4 is 5.43 Å². The maximum absolute atomic E-state index is 10.9. The molecule has 0 atom stereocenters. The summed E-state index contributed by atoms with van der Waals surface area (Å²) in [5, 5.41) is 1.62. The largest absolute Gasteiger partial charge is 0.278 e. The van der Waals surface area contributed by atoms with Crippen molar-refractivity contribution in [2.45, 2.75) is 20.3 Å². The highest BCUT2D eigenvalue weighted by Crippen LogP contribution is 1.89. The fourth-order valence-electron chi connectivity index (χ4n) is 0.768. The summed E-state index contributed by atoms with van der Waals surface area (Å²) in [5.41, 5.74) is 2.97. The normalized spacial score (nSPS) is 9.73. The number of thiol groups is 1. The van der Waals surface area contributed by atoms with Crippen LogP contribution in [0, 0.1) is 0 Å². The minimum Gasteiger partial charge on any atom is -0.278 e. The summed E-state index contributed by atoms with van der Waals surface area (Å²) in [6.07, 6.45) is 0.926. The molecular formula is C7H16N2OS. The van der Waals surface area contributed by atoms with Gasteiger partial charge in [-0.15, -0.1) is 0 Å². The molecule has 66 valence electrons. The van der Waals surface area contributed by atoms with Gasteiger partial charge < -0.3 is 0 Å². The lowest BCUT2D eigenvalue weighted by Gasteiger charge is -2.20. The van der Waals surface area contributed by atoms with Crippen molar-refractivity contribution >= 4 is 18.5 Å². The van der Waals surface area contributed by atoms with Gasteiger partial charge in [0, 0.05) is 20.0 Å². The van der Waals surface area contributed by atoms with Crippen molar-refractivity contribution in [1.29, 1.82) is 0 Å². The molecule has 4 heteroatoms. The number of carbonyl (C=O) groups excluding carboxylic acids is 1. The second-order valence-corrected chi connectivity index (χ2v) is 2.71. The first-order valence-corrected chi connectivity index (χ1v) is 4.48. The first kappa shape index (κ1) is 10.8. The maximum atomic E-state index is 10.9. The van der Waals surface area contributed by atoms with Gasteiger partial charge >= 0.3 is 0 Å². The second kappa shape index (κ2) is 6.49. The van der Waals surface area contributed by atoms with Crippen LogP contribution in [0.5, 0.6) is 0 Å². The van der Waals surface area contributed by atoms with Crippen LogP contribution in [0.1, 0.15) is 20.3 Å². The van der Waals surface area contributed by atoms with Crippen LogP contribution in [-0.2, 0) is 4.79 Å². The Hall–Kier alpha value is -0.220. The summed E-state index contributed by atoms with van der Waals surface area (Å²) in [7, 11) is 0. The van der Waals surface area contributed by atoms with Gasteiger partial charge in [0.1, 0.15) is 0 Å². The Morgan fingerprint density at radius 3 is 2.64 bits per heavy atom. The summed E-state index contributed by atoms with van der Waals surface area (Å²) < 4.78 is 0. The van der Waals surface area contributed by atoms with Gasteiger partial charge in [-0.25, -0.2) is 5.43 Å². The molecule has 1 amide bonds. The van der Waals surface area contributed by atoms with Crippen LogP contribution in [0.2, 0.25) is 0 Å². The highest BCUT2D eigenvalue weighted by Gasteiger charge is 2.04. The van der Waals surface area contributed by atoms with Crippen molar-refractivity contribution in [3.05, 3.63) is 0 Å². The van der Waals surface area contributed by atoms with E-state index in [0.29, 0.717) is 0 Å². The molecule has 0 aromatic heterocycles. The molecule has 0 fully saturated rings. The average Bonchev–Trinajstić information content (AvgIpc) is 1.97. The summed E-state index contributed by atoms with van der Waals surface area (Å²) >= 11 is 4.07. The number of carbonyl (C=O) groups is 1. The van der Waals surface area contributed by atoms with Crippen LogP contribution in [-0.4, -0.2) is 29.8 Å². The molecule has 0 aliphatic rings. The molecule has 0 aliphatic carbocycles. The average molecular weight is 176 g/mol. The SMILES string of the molecule is CCNN(CCCS)C(C)=O. The molecular weight excluding hydrogens is 160 g/mol. The highest BCUT2D eigenvalue weighted by atomic mass is 32.1. The summed E-state index contributed by atoms with van der Waals surface area (Å²) in [6, 6.07) is 0. The molecule has 11 heavy (non-hydrogen) atoms. The minimum atomic E-state index is 0.0635. The lowest BCUT2D eigenvalue weighted by Crippen LogP contribution is -2.42. The Morgan fingerprint density at radius 2 is 2.27 bits per heavy atom. The topological polar surface area (TPSA) is 32.3 Å². The third-order valence-corrected chi connectivity index (χ3v) is 1.59. The molecule has 0 rings (SSSR count). The number of hydrogen-bond donors (Lipinski definition) is 2. The van der Waals surface area contributed by atoms with Crippen molar-refractivity contribution in [2.24, 2.45) is 0 Å². The third kappa shape index (κ3) is 5.09. The molecule has 0 saturated heterocycles. The number of nitrogens with zero attached hydrogens (tertiary/aromatic N) is 1. The minimum absolute atomic E-state index is 0.0635. The number of nitrogens with one attached hydrogen (secondary N) is 1. The number of hydrogen-bond acceptors (Lipinski definition) is 3. The molecule has 0 unspecified atom stereocenters. The van der Waals surface area contributed by atoms with Crippen molar-refractivity contribution < 1.29 is 4.79 Å². The zero-order chi connectivity index (χ0) is 8.69. The van der Waals surface area contributed by atoms with E-state index in [2.05, 4.69) is 18.1 Å². The molecule has 0 heterocycles. The highest BCUT2D eigenvalue weighted by molar-refractivity contribution is 7.80. The first-order valence-electron chi connectivity index (χ1n) is 3.84. The fraction of sp³-hybridized carbons (Fsp3) is 0.857. The van der Waals surface area contributed by atoms with Gasteiger partial charge in [0.05, 0.1) is 0 Å². The molecule has 3 nitrogen and oxygen atoms in total. The molecule has 0 spiro atoms. The van der Waals surface area contributed by atoms with Gasteiger partial charge in [-0.3, -0.25) is 9.80 Å². The van der Waals surface area contributed by atoms with Gasteiger partial charge in [-0.2, -0.15) is 12.6 Å². The third-order valence-electron chi connectivity index (χ3n) is 1.27. The zero-order valence-electron chi connectivity index (χ0n) is 7.13. The van der Waals surface area contributed by atoms with E-state index in [9.17, 15) is 4.79 Å². The molecule has 0 saturated carbocycles. The Kier molecular flexibility index (Phi) is 6.36. The van der Waals surface area contributed by atoms with E-state index in [0.717, 1.165) is 25.3 Å². The van der Waals surface area contributed by atoms with E-state index in [1.165, 1.54) is 0 Å². The van der Waals surface area contributed by atoms with Crippen LogP contribution in [0.15, 0.2) is 0 Å². The summed E-state index contributed by atoms with van der Waals surface area (Å²) in [6.45, 7) is 5.05. The van der Waals surface area contributed by atoms with Gasteiger partial charge in [-0.1, -0.05) is 6.92 Å². The van der Waals surface area contributed by atoms with E-state index in [-0.39, 0.29) is 5.91 Å². The van der Waals surface area contributed by atoms with Crippen molar-refractivity contribution in [3.8, 4) is 0 Å². The second-order valence-electron chi connectivity index (χ2n) is 2.26. The smallest absolute Gasteiger partial charge is 0.233 e. The predicted molar refractivity (Wildman–Crippen MR) is 49.5 cm³/mol. The van der Waals surface area contributed by atoms with Gasteiger partial charge in [0.2, 0.25) is 5.91 Å².